The molecule has 0 aromatic heterocycles. The van der Waals surface area contributed by atoms with Crippen molar-refractivity contribution in [1.29, 1.82) is 0 Å². The number of hydrogen-bond donors (Lipinski definition) is 0. The van der Waals surface area contributed by atoms with Gasteiger partial charge in [-0.15, -0.1) is 0 Å². The van der Waals surface area contributed by atoms with Gasteiger partial charge in [0.25, 0.3) is 0 Å². The summed E-state index contributed by atoms with van der Waals surface area (Å²) in [5, 5.41) is 0. The van der Waals surface area contributed by atoms with E-state index in [4.69, 9.17) is 14.2 Å². The number of ether oxygens (including phenoxy) is 3. The largest absolute Gasteiger partial charge is 0.462 e. The van der Waals surface area contributed by atoms with Crippen molar-refractivity contribution in [3.8, 4) is 0 Å². The van der Waals surface area contributed by atoms with Crippen LogP contribution in [0.2, 0.25) is 0 Å². The number of carbonyl (C=O) groups is 3. The lowest BCUT2D eigenvalue weighted by molar-refractivity contribution is -0.167. The average molecular weight is 775 g/mol. The molecule has 322 valence electrons. The van der Waals surface area contributed by atoms with Crippen molar-refractivity contribution >= 4 is 17.9 Å². The minimum Gasteiger partial charge on any atom is -0.462 e. The van der Waals surface area contributed by atoms with Gasteiger partial charge in [0.2, 0.25) is 0 Å². The van der Waals surface area contributed by atoms with Gasteiger partial charge in [0.05, 0.1) is 0 Å². The molecule has 0 saturated heterocycles. The normalized spacial score (nSPS) is 11.6. The number of hydrogen-bond acceptors (Lipinski definition) is 6. The van der Waals surface area contributed by atoms with Crippen LogP contribution in [0.15, 0.2) is 24.3 Å². The quantitative estimate of drug-likeness (QED) is 0.0266. The van der Waals surface area contributed by atoms with E-state index in [9.17, 15) is 14.4 Å². The highest BCUT2D eigenvalue weighted by molar-refractivity contribution is 5.71. The highest BCUT2D eigenvalue weighted by Crippen LogP contribution is 2.14. The maximum absolute atomic E-state index is 12.6. The Hall–Kier alpha value is -2.11. The third-order valence-corrected chi connectivity index (χ3v) is 10.4. The number of esters is 3. The van der Waals surface area contributed by atoms with E-state index in [0.29, 0.717) is 19.3 Å². The first kappa shape index (κ1) is 52.9. The molecule has 0 atom stereocenters. The molecule has 0 aliphatic carbocycles. The van der Waals surface area contributed by atoms with E-state index in [1.807, 2.05) is 0 Å². The van der Waals surface area contributed by atoms with Crippen LogP contribution in [0.4, 0.5) is 0 Å². The van der Waals surface area contributed by atoms with Gasteiger partial charge in [-0.25, -0.2) is 0 Å². The Morgan fingerprint density at radius 3 is 0.909 bits per heavy atom. The van der Waals surface area contributed by atoms with E-state index in [0.717, 1.165) is 70.6 Å². The summed E-state index contributed by atoms with van der Waals surface area (Å²) in [6.45, 7) is 6.58. The number of rotatable bonds is 43. The third-order valence-electron chi connectivity index (χ3n) is 10.4. The van der Waals surface area contributed by atoms with Crippen molar-refractivity contribution in [1.82, 2.24) is 0 Å². The highest BCUT2D eigenvalue weighted by Gasteiger charge is 2.19. The molecule has 0 aliphatic heterocycles. The maximum atomic E-state index is 12.6. The Morgan fingerprint density at radius 1 is 0.345 bits per heavy atom. The molecule has 0 rings (SSSR count). The first-order valence-corrected chi connectivity index (χ1v) is 23.8. The van der Waals surface area contributed by atoms with Gasteiger partial charge >= 0.3 is 17.9 Å². The van der Waals surface area contributed by atoms with Gasteiger partial charge in [0.15, 0.2) is 6.10 Å². The second-order valence-electron chi connectivity index (χ2n) is 16.0. The van der Waals surface area contributed by atoms with E-state index in [1.165, 1.54) is 141 Å². The fourth-order valence-electron chi connectivity index (χ4n) is 6.78. The molecule has 0 saturated carbocycles. The van der Waals surface area contributed by atoms with Crippen molar-refractivity contribution in [2.24, 2.45) is 0 Å². The van der Waals surface area contributed by atoms with Crippen LogP contribution in [0.3, 0.4) is 0 Å². The lowest BCUT2D eigenvalue weighted by Crippen LogP contribution is -2.30. The summed E-state index contributed by atoms with van der Waals surface area (Å²) < 4.78 is 16.7. The summed E-state index contributed by atoms with van der Waals surface area (Å²) >= 11 is 0. The van der Waals surface area contributed by atoms with Gasteiger partial charge in [0, 0.05) is 19.3 Å². The van der Waals surface area contributed by atoms with Gasteiger partial charge in [-0.2, -0.15) is 0 Å². The van der Waals surface area contributed by atoms with Crippen molar-refractivity contribution < 1.29 is 28.6 Å². The van der Waals surface area contributed by atoms with Crippen molar-refractivity contribution in [3.63, 3.8) is 0 Å². The molecule has 0 fully saturated rings. The van der Waals surface area contributed by atoms with Gasteiger partial charge in [-0.3, -0.25) is 14.4 Å². The van der Waals surface area contributed by atoms with Gasteiger partial charge in [-0.05, 0) is 70.6 Å². The van der Waals surface area contributed by atoms with E-state index < -0.39 is 6.10 Å². The first-order valence-electron chi connectivity index (χ1n) is 23.8. The lowest BCUT2D eigenvalue weighted by Gasteiger charge is -2.18. The minimum atomic E-state index is -0.770. The van der Waals surface area contributed by atoms with Crippen LogP contribution in [0.25, 0.3) is 0 Å². The molecular weight excluding hydrogens is 685 g/mol. The maximum Gasteiger partial charge on any atom is 0.306 e. The summed E-state index contributed by atoms with van der Waals surface area (Å²) in [7, 11) is 0. The molecule has 0 heterocycles. The molecule has 0 aromatic carbocycles. The third kappa shape index (κ3) is 42.9. The Labute approximate surface area is 341 Å². The summed E-state index contributed by atoms with van der Waals surface area (Å²) in [5.41, 5.74) is 0. The predicted octanol–water partition coefficient (Wildman–Crippen LogP) is 15.2. The second kappa shape index (κ2) is 44.6. The topological polar surface area (TPSA) is 78.9 Å². The minimum absolute atomic E-state index is 0.0760. The summed E-state index contributed by atoms with van der Waals surface area (Å²) in [5.74, 6) is -0.893. The molecule has 6 heteroatoms. The first-order chi connectivity index (χ1) is 27.0. The van der Waals surface area contributed by atoms with Gasteiger partial charge in [0.1, 0.15) is 13.2 Å². The Kier molecular flexibility index (Phi) is 42.9. The number of carbonyl (C=O) groups excluding carboxylic acids is 3. The monoisotopic (exact) mass is 775 g/mol. The highest BCUT2D eigenvalue weighted by atomic mass is 16.6. The SMILES string of the molecule is CCCCCCCC/C=C\CCCCCCCC(=O)OCC(COC(=O)CCCCCCC/C=C\CCCCCCCC)OC(=O)CCCCCCCCC. The van der Waals surface area contributed by atoms with E-state index in [-0.39, 0.29) is 31.1 Å². The zero-order valence-corrected chi connectivity index (χ0v) is 36.7. The van der Waals surface area contributed by atoms with Crippen molar-refractivity contribution in [2.45, 2.75) is 258 Å². The zero-order valence-electron chi connectivity index (χ0n) is 36.7. The Balaban J connectivity index is 4.26. The second-order valence-corrected chi connectivity index (χ2v) is 16.0. The van der Waals surface area contributed by atoms with E-state index in [1.54, 1.807) is 0 Å². The van der Waals surface area contributed by atoms with Crippen LogP contribution >= 0.6 is 0 Å². The fourth-order valence-corrected chi connectivity index (χ4v) is 6.78. The molecule has 6 nitrogen and oxygen atoms in total. The fraction of sp³-hybridized carbons (Fsp3) is 0.857. The molecular formula is C49H90O6. The molecule has 0 amide bonds. The Morgan fingerprint density at radius 2 is 0.600 bits per heavy atom. The number of unbranched alkanes of at least 4 members (excludes halogenated alkanes) is 28. The average Bonchev–Trinajstić information content (AvgIpc) is 3.18. The molecule has 55 heavy (non-hydrogen) atoms. The molecule has 0 radical (unpaired) electrons. The van der Waals surface area contributed by atoms with Crippen LogP contribution in [-0.2, 0) is 28.6 Å². The number of allylic oxidation sites excluding steroid dienone is 4. The molecule has 0 spiro atoms. The predicted molar refractivity (Wildman–Crippen MR) is 233 cm³/mol. The molecule has 0 bridgehead atoms. The molecule has 0 aliphatic rings. The van der Waals surface area contributed by atoms with Crippen LogP contribution in [-0.4, -0.2) is 37.2 Å². The van der Waals surface area contributed by atoms with Gasteiger partial charge < -0.3 is 14.2 Å². The van der Waals surface area contributed by atoms with Crippen LogP contribution in [0, 0.1) is 0 Å². The summed E-state index contributed by atoms with van der Waals surface area (Å²) in [4.78, 5) is 37.6. The van der Waals surface area contributed by atoms with E-state index >= 15 is 0 Å². The molecule has 0 N–H and O–H groups in total. The van der Waals surface area contributed by atoms with Crippen LogP contribution < -0.4 is 0 Å². The van der Waals surface area contributed by atoms with Crippen molar-refractivity contribution in [2.75, 3.05) is 13.2 Å². The zero-order chi connectivity index (χ0) is 40.1. The lowest BCUT2D eigenvalue weighted by atomic mass is 10.1. The Bertz CT molecular complexity index is 840. The smallest absolute Gasteiger partial charge is 0.306 e. The van der Waals surface area contributed by atoms with E-state index in [2.05, 4.69) is 45.1 Å². The summed E-state index contributed by atoms with van der Waals surface area (Å²) in [6, 6.07) is 0. The molecule has 0 unspecified atom stereocenters. The summed E-state index contributed by atoms with van der Waals surface area (Å²) in [6.07, 6.45) is 48.8. The molecule has 0 aromatic rings. The van der Waals surface area contributed by atoms with Gasteiger partial charge in [-0.1, -0.05) is 186 Å². The van der Waals surface area contributed by atoms with Crippen LogP contribution in [0.1, 0.15) is 252 Å². The van der Waals surface area contributed by atoms with Crippen LogP contribution in [0.5, 0.6) is 0 Å². The van der Waals surface area contributed by atoms with Crippen molar-refractivity contribution in [3.05, 3.63) is 24.3 Å². The standard InChI is InChI=1S/C49H90O6/c1-4-7-10-13-16-18-20-22-24-26-28-30-33-35-38-41-47(50)53-44-46(55-49(52)43-40-37-32-15-12-9-6-3)45-54-48(51)42-39-36-34-31-29-27-25-23-21-19-17-14-11-8-5-2/h22-25,46H,4-21,26-45H2,1-3H3/b24-22-,25-23-.